The first kappa shape index (κ1) is 14.7. The molecular weight excluding hydrogens is 256 g/mol. The summed E-state index contributed by atoms with van der Waals surface area (Å²) in [5, 5.41) is 3.31. The first-order chi connectivity index (χ1) is 9.10. The average molecular weight is 267 g/mol. The molecule has 19 heavy (non-hydrogen) atoms. The van der Waals surface area contributed by atoms with Gasteiger partial charge in [-0.05, 0) is 29.6 Å². The van der Waals surface area contributed by atoms with Crippen LogP contribution in [0.2, 0.25) is 0 Å². The van der Waals surface area contributed by atoms with Gasteiger partial charge in [-0.3, -0.25) is 0 Å². The predicted octanol–water partition coefficient (Wildman–Crippen LogP) is 3.47. The smallest absolute Gasteiger partial charge is 0.343 e. The quantitative estimate of drug-likeness (QED) is 0.269. The number of hydrogen-bond acceptors (Lipinski definition) is 3. The van der Waals surface area contributed by atoms with Crippen molar-refractivity contribution in [2.45, 2.75) is 6.42 Å². The Kier molecular flexibility index (Phi) is 5.50. The van der Waals surface area contributed by atoms with Crippen LogP contribution in [0.5, 0.6) is 0 Å². The van der Waals surface area contributed by atoms with E-state index in [1.807, 2.05) is 0 Å². The topological polar surface area (TPSA) is 75.1 Å². The zero-order chi connectivity index (χ0) is 14.3. The number of halogens is 2. The molecule has 0 aliphatic carbocycles. The molecule has 0 bridgehead atoms. The first-order valence-electron chi connectivity index (χ1n) is 5.35. The number of rotatable bonds is 5. The van der Waals surface area contributed by atoms with Gasteiger partial charge in [0.05, 0.1) is 7.11 Å². The van der Waals surface area contributed by atoms with Crippen LogP contribution in [-0.2, 0) is 4.74 Å². The Morgan fingerprint density at radius 3 is 2.63 bits per heavy atom. The zero-order valence-corrected chi connectivity index (χ0v) is 10.1. The van der Waals surface area contributed by atoms with Crippen LogP contribution in [0.3, 0.4) is 0 Å². The number of nitrogens with zero attached hydrogens (tertiary/aromatic N) is 3. The number of esters is 1. The molecule has 0 aliphatic rings. The van der Waals surface area contributed by atoms with Crippen LogP contribution in [0.4, 0.5) is 8.78 Å². The van der Waals surface area contributed by atoms with E-state index in [9.17, 15) is 13.6 Å². The molecule has 0 radical (unpaired) electrons. The lowest BCUT2D eigenvalue weighted by molar-refractivity contribution is 0.0590. The van der Waals surface area contributed by atoms with Crippen molar-refractivity contribution in [3.8, 4) is 0 Å². The largest absolute Gasteiger partial charge is 0.465 e. The highest BCUT2D eigenvalue weighted by molar-refractivity contribution is 5.90. The van der Waals surface area contributed by atoms with E-state index in [2.05, 4.69) is 14.8 Å². The fourth-order valence-corrected chi connectivity index (χ4v) is 1.38. The summed E-state index contributed by atoms with van der Waals surface area (Å²) in [7, 11) is 1.05. The molecule has 1 rings (SSSR count). The third-order valence-electron chi connectivity index (χ3n) is 2.22. The molecule has 0 amide bonds. The van der Waals surface area contributed by atoms with Crippen molar-refractivity contribution in [2.24, 2.45) is 5.11 Å². The molecule has 0 aliphatic heterocycles. The second-order valence-corrected chi connectivity index (χ2v) is 3.50. The summed E-state index contributed by atoms with van der Waals surface area (Å²) in [6, 6.07) is 2.05. The van der Waals surface area contributed by atoms with Crippen molar-refractivity contribution in [3.05, 3.63) is 51.4 Å². The molecule has 0 spiro atoms. The Labute approximate surface area is 108 Å². The zero-order valence-electron chi connectivity index (χ0n) is 10.1. The van der Waals surface area contributed by atoms with E-state index in [-0.39, 0.29) is 12.1 Å². The number of azide groups is 1. The van der Waals surface area contributed by atoms with E-state index in [0.717, 1.165) is 19.2 Å². The number of methoxy groups -OCH3 is 1. The molecule has 0 fully saturated rings. The van der Waals surface area contributed by atoms with Gasteiger partial charge in [0.15, 0.2) is 0 Å². The SMILES string of the molecule is COC(=O)c1c(F)cc(C=CCCN=[N+]=[N-])cc1F. The lowest BCUT2D eigenvalue weighted by atomic mass is 10.1. The summed E-state index contributed by atoms with van der Waals surface area (Å²) in [6.45, 7) is 0.262. The summed E-state index contributed by atoms with van der Waals surface area (Å²) in [5.41, 5.74) is 7.61. The van der Waals surface area contributed by atoms with Crippen LogP contribution in [0.25, 0.3) is 16.5 Å². The van der Waals surface area contributed by atoms with Gasteiger partial charge in [0.2, 0.25) is 0 Å². The Hall–Kier alpha value is -2.40. The van der Waals surface area contributed by atoms with Gasteiger partial charge in [-0.1, -0.05) is 17.3 Å². The van der Waals surface area contributed by atoms with Crippen LogP contribution < -0.4 is 0 Å². The molecule has 100 valence electrons. The summed E-state index contributed by atoms with van der Waals surface area (Å²) >= 11 is 0. The molecule has 0 atom stereocenters. The van der Waals surface area contributed by atoms with E-state index >= 15 is 0 Å². The predicted molar refractivity (Wildman–Crippen MR) is 65.4 cm³/mol. The normalized spacial score (nSPS) is 10.3. The third kappa shape index (κ3) is 4.08. The van der Waals surface area contributed by atoms with Crippen molar-refractivity contribution in [2.75, 3.05) is 13.7 Å². The molecule has 7 heteroatoms. The number of ether oxygens (including phenoxy) is 1. The standard InChI is InChI=1S/C12H11F2N3O2/c1-19-12(18)11-9(13)6-8(7-10(11)14)4-2-3-5-16-17-15/h2,4,6-7H,3,5H2,1H3. The first-order valence-corrected chi connectivity index (χ1v) is 5.35. The molecular formula is C12H11F2N3O2. The van der Waals surface area contributed by atoms with Gasteiger partial charge >= 0.3 is 5.97 Å². The second kappa shape index (κ2) is 7.13. The number of carbonyl (C=O) groups excluding carboxylic acids is 1. The van der Waals surface area contributed by atoms with Gasteiger partial charge in [0.25, 0.3) is 0 Å². The maximum Gasteiger partial charge on any atom is 0.343 e. The Morgan fingerprint density at radius 2 is 2.11 bits per heavy atom. The van der Waals surface area contributed by atoms with Crippen LogP contribution in [0, 0.1) is 11.6 Å². The van der Waals surface area contributed by atoms with E-state index in [1.54, 1.807) is 6.08 Å². The van der Waals surface area contributed by atoms with Gasteiger partial charge in [-0.25, -0.2) is 13.6 Å². The van der Waals surface area contributed by atoms with Gasteiger partial charge in [-0.2, -0.15) is 0 Å². The minimum atomic E-state index is -1.06. The van der Waals surface area contributed by atoms with Crippen molar-refractivity contribution in [1.29, 1.82) is 0 Å². The van der Waals surface area contributed by atoms with E-state index in [0.29, 0.717) is 6.42 Å². The fraction of sp³-hybridized carbons (Fsp3) is 0.250. The highest BCUT2D eigenvalue weighted by Gasteiger charge is 2.18. The highest BCUT2D eigenvalue weighted by Crippen LogP contribution is 2.17. The lowest BCUT2D eigenvalue weighted by Gasteiger charge is -2.04. The molecule has 1 aromatic carbocycles. The van der Waals surface area contributed by atoms with Crippen molar-refractivity contribution in [3.63, 3.8) is 0 Å². The monoisotopic (exact) mass is 267 g/mol. The van der Waals surface area contributed by atoms with E-state index < -0.39 is 23.2 Å². The number of benzene rings is 1. The van der Waals surface area contributed by atoms with Gasteiger partial charge in [0, 0.05) is 11.5 Å². The summed E-state index contributed by atoms with van der Waals surface area (Å²) in [6.07, 6.45) is 3.53. The minimum Gasteiger partial charge on any atom is -0.465 e. The Morgan fingerprint density at radius 1 is 1.47 bits per heavy atom. The Bertz CT molecular complexity index is 529. The maximum atomic E-state index is 13.5. The van der Waals surface area contributed by atoms with Crippen LogP contribution in [-0.4, -0.2) is 19.6 Å². The molecule has 1 aromatic rings. The molecule has 0 unspecified atom stereocenters. The molecule has 0 saturated carbocycles. The number of hydrogen-bond donors (Lipinski definition) is 0. The van der Waals surface area contributed by atoms with Gasteiger partial charge in [0.1, 0.15) is 17.2 Å². The van der Waals surface area contributed by atoms with Gasteiger partial charge < -0.3 is 4.74 Å². The van der Waals surface area contributed by atoms with Crippen LogP contribution in [0.1, 0.15) is 22.3 Å². The van der Waals surface area contributed by atoms with Crippen molar-refractivity contribution in [1.82, 2.24) is 0 Å². The third-order valence-corrected chi connectivity index (χ3v) is 2.22. The molecule has 0 heterocycles. The fourth-order valence-electron chi connectivity index (χ4n) is 1.38. The summed E-state index contributed by atoms with van der Waals surface area (Å²) in [5.74, 6) is -3.03. The minimum absolute atomic E-state index is 0.262. The van der Waals surface area contributed by atoms with Crippen LogP contribution in [0.15, 0.2) is 23.3 Å². The molecule has 0 aromatic heterocycles. The van der Waals surface area contributed by atoms with Crippen molar-refractivity contribution >= 4 is 12.0 Å². The van der Waals surface area contributed by atoms with Gasteiger partial charge in [-0.15, -0.1) is 0 Å². The van der Waals surface area contributed by atoms with E-state index in [1.165, 1.54) is 6.08 Å². The molecule has 0 saturated heterocycles. The highest BCUT2D eigenvalue weighted by atomic mass is 19.1. The molecule has 5 nitrogen and oxygen atoms in total. The van der Waals surface area contributed by atoms with E-state index in [4.69, 9.17) is 5.53 Å². The lowest BCUT2D eigenvalue weighted by Crippen LogP contribution is -2.08. The Balaban J connectivity index is 2.89. The summed E-state index contributed by atoms with van der Waals surface area (Å²) in [4.78, 5) is 13.7. The average Bonchev–Trinajstić information content (AvgIpc) is 2.37. The summed E-state index contributed by atoms with van der Waals surface area (Å²) < 4.78 is 31.4. The second-order valence-electron chi connectivity index (χ2n) is 3.50. The number of carbonyl (C=O) groups is 1. The molecule has 0 N–H and O–H groups in total. The van der Waals surface area contributed by atoms with Crippen LogP contribution >= 0.6 is 0 Å². The maximum absolute atomic E-state index is 13.5. The van der Waals surface area contributed by atoms with Crippen molar-refractivity contribution < 1.29 is 18.3 Å².